The van der Waals surface area contributed by atoms with Gasteiger partial charge >= 0.3 is 18.6 Å². The summed E-state index contributed by atoms with van der Waals surface area (Å²) >= 11 is 0. The second kappa shape index (κ2) is 17.4. The molecule has 0 bridgehead atoms. The van der Waals surface area contributed by atoms with Crippen molar-refractivity contribution in [2.75, 3.05) is 24.7 Å². The highest BCUT2D eigenvalue weighted by atomic mass is 33.1. The highest BCUT2D eigenvalue weighted by molar-refractivity contribution is 8.76. The van der Waals surface area contributed by atoms with Crippen molar-refractivity contribution in [3.8, 4) is 0 Å². The third kappa shape index (κ3) is 16.4. The van der Waals surface area contributed by atoms with Crippen LogP contribution in [0.2, 0.25) is 12.1 Å². The van der Waals surface area contributed by atoms with E-state index < -0.39 is 18.6 Å². The first-order valence-electron chi connectivity index (χ1n) is 9.04. The Morgan fingerprint density at radius 3 is 1.38 bits per heavy atom. The van der Waals surface area contributed by atoms with Crippen molar-refractivity contribution < 1.29 is 17.7 Å². The Morgan fingerprint density at radius 1 is 0.708 bits per heavy atom. The molecule has 0 spiro atoms. The third-order valence-electron chi connectivity index (χ3n) is 2.65. The first-order chi connectivity index (χ1) is 11.5. The van der Waals surface area contributed by atoms with Gasteiger partial charge < -0.3 is 17.7 Å². The van der Waals surface area contributed by atoms with Crippen LogP contribution in [0, 0.1) is 0 Å². The lowest BCUT2D eigenvalue weighted by Crippen LogP contribution is -2.26. The maximum absolute atomic E-state index is 5.86. The van der Waals surface area contributed by atoms with Crippen LogP contribution in [-0.4, -0.2) is 55.5 Å². The third-order valence-corrected chi connectivity index (χ3v) is 9.44. The lowest BCUT2D eigenvalue weighted by Gasteiger charge is -2.17. The molecule has 0 unspecified atom stereocenters. The summed E-state index contributed by atoms with van der Waals surface area (Å²) in [4.78, 5) is 0. The van der Waals surface area contributed by atoms with Crippen molar-refractivity contribution in [1.82, 2.24) is 0 Å². The van der Waals surface area contributed by atoms with Crippen LogP contribution in [-0.2, 0) is 17.7 Å². The Kier molecular flexibility index (Phi) is 18.1. The Hall–Kier alpha value is 0.974. The molecule has 0 aliphatic heterocycles. The van der Waals surface area contributed by atoms with Crippen LogP contribution in [0.25, 0.3) is 0 Å². The predicted octanol–water partition coefficient (Wildman–Crippen LogP) is 5.05. The summed E-state index contributed by atoms with van der Waals surface area (Å²) in [7, 11) is 1.78. The summed E-state index contributed by atoms with van der Waals surface area (Å²) in [5.41, 5.74) is 0. The average molecular weight is 413 g/mol. The van der Waals surface area contributed by atoms with E-state index in [0.717, 1.165) is 25.3 Å². The van der Waals surface area contributed by atoms with Crippen LogP contribution in [0.1, 0.15) is 54.4 Å². The summed E-state index contributed by atoms with van der Waals surface area (Å²) in [5, 5.41) is 0. The largest absolute Gasteiger partial charge is 0.394 e. The topological polar surface area (TPSA) is 36.9 Å². The van der Waals surface area contributed by atoms with E-state index in [2.05, 4.69) is 27.7 Å². The lowest BCUT2D eigenvalue weighted by molar-refractivity contribution is 0.162. The molecule has 0 fully saturated rings. The molecule has 0 heterocycles. The number of hydrogen-bond donors (Lipinski definition) is 0. The van der Waals surface area contributed by atoms with Gasteiger partial charge in [-0.2, -0.15) is 0 Å². The molecule has 144 valence electrons. The summed E-state index contributed by atoms with van der Waals surface area (Å²) < 4.78 is 23.1. The van der Waals surface area contributed by atoms with E-state index in [0.29, 0.717) is 0 Å². The first-order valence-corrected chi connectivity index (χ1v) is 14.6. The smallest absolute Gasteiger partial charge is 0.384 e. The van der Waals surface area contributed by atoms with Gasteiger partial charge in [0.2, 0.25) is 0 Å². The quantitative estimate of drug-likeness (QED) is 0.189. The molecule has 0 saturated carbocycles. The van der Waals surface area contributed by atoms with Crippen molar-refractivity contribution in [2.24, 2.45) is 0 Å². The van der Waals surface area contributed by atoms with E-state index in [4.69, 9.17) is 17.7 Å². The molecule has 0 amide bonds. The molecule has 24 heavy (non-hydrogen) atoms. The van der Waals surface area contributed by atoms with E-state index in [1.165, 1.54) is 24.3 Å². The van der Waals surface area contributed by atoms with E-state index in [1.807, 2.05) is 35.4 Å². The summed E-state index contributed by atoms with van der Waals surface area (Å²) in [6, 6.07) is 2.15. The minimum absolute atomic E-state index is 0.266. The summed E-state index contributed by atoms with van der Waals surface area (Å²) in [6.45, 7) is 13.9. The molecule has 0 rings (SSSR count). The highest BCUT2D eigenvalue weighted by Gasteiger charge is 2.17. The first kappa shape index (κ1) is 25.0. The van der Waals surface area contributed by atoms with Crippen molar-refractivity contribution in [2.45, 2.75) is 78.7 Å². The zero-order valence-corrected chi connectivity index (χ0v) is 19.9. The van der Waals surface area contributed by atoms with Gasteiger partial charge in [0, 0.05) is 36.9 Å². The van der Waals surface area contributed by atoms with E-state index >= 15 is 0 Å². The zero-order valence-electron chi connectivity index (χ0n) is 16.3. The second-order valence-electron chi connectivity index (χ2n) is 5.79. The van der Waals surface area contributed by atoms with Gasteiger partial charge in [0.05, 0.1) is 0 Å². The molecule has 0 aliphatic carbocycles. The van der Waals surface area contributed by atoms with Gasteiger partial charge in [0.15, 0.2) is 0 Å². The number of rotatable bonds is 17. The second-order valence-corrected chi connectivity index (χ2v) is 12.0. The summed E-state index contributed by atoms with van der Waals surface area (Å²) in [5.74, 6) is 2.33. The Bertz CT molecular complexity index is 248. The molecule has 0 N–H and O–H groups in total. The average Bonchev–Trinajstić information content (AvgIpc) is 2.49. The van der Waals surface area contributed by atoms with Crippen molar-refractivity contribution in [1.29, 1.82) is 0 Å². The van der Waals surface area contributed by atoms with Crippen LogP contribution in [0.4, 0.5) is 0 Å². The molecule has 8 heteroatoms. The molecular formula is C16H36O4S2Si2. The van der Waals surface area contributed by atoms with Crippen LogP contribution in [0.15, 0.2) is 0 Å². The molecule has 0 atom stereocenters. The van der Waals surface area contributed by atoms with Gasteiger partial charge in [0.25, 0.3) is 0 Å². The maximum Gasteiger partial charge on any atom is 0.384 e. The maximum atomic E-state index is 5.86. The Labute approximate surface area is 161 Å². The minimum Gasteiger partial charge on any atom is -0.394 e. The van der Waals surface area contributed by atoms with Crippen LogP contribution in [0.5, 0.6) is 0 Å². The van der Waals surface area contributed by atoms with Crippen LogP contribution >= 0.6 is 21.6 Å². The van der Waals surface area contributed by atoms with Gasteiger partial charge in [0.1, 0.15) is 0 Å². The van der Waals surface area contributed by atoms with E-state index in [9.17, 15) is 0 Å². The molecule has 0 aliphatic rings. The molecule has 2 radical (unpaired) electrons. The fourth-order valence-electron chi connectivity index (χ4n) is 1.85. The standard InChI is InChI=1S/C16H36O4S2Si2/c1-7-17-23(19-15(3)4)13-9-11-21-22-12-10-14-24(18-8-2)20-16(5)6/h15-16H,7-14H2,1-6H3. The summed E-state index contributed by atoms with van der Waals surface area (Å²) in [6.07, 6.45) is 2.87. The van der Waals surface area contributed by atoms with Gasteiger partial charge in [-0.15, -0.1) is 0 Å². The number of hydrogen-bond acceptors (Lipinski definition) is 6. The highest BCUT2D eigenvalue weighted by Crippen LogP contribution is 2.25. The molecule has 0 saturated heterocycles. The van der Waals surface area contributed by atoms with E-state index in [-0.39, 0.29) is 12.2 Å². The van der Waals surface area contributed by atoms with Gasteiger partial charge in [-0.05, 0) is 66.5 Å². The Morgan fingerprint density at radius 2 is 1.08 bits per heavy atom. The van der Waals surface area contributed by atoms with E-state index in [1.54, 1.807) is 0 Å². The normalized spacial score (nSPS) is 12.2. The Balaban J connectivity index is 3.60. The predicted molar refractivity (Wildman–Crippen MR) is 111 cm³/mol. The molecule has 0 aromatic rings. The van der Waals surface area contributed by atoms with Crippen LogP contribution < -0.4 is 0 Å². The molecule has 0 aromatic carbocycles. The van der Waals surface area contributed by atoms with Gasteiger partial charge in [-0.1, -0.05) is 21.6 Å². The molecule has 4 nitrogen and oxygen atoms in total. The van der Waals surface area contributed by atoms with Crippen molar-refractivity contribution in [3.05, 3.63) is 0 Å². The van der Waals surface area contributed by atoms with Crippen molar-refractivity contribution in [3.63, 3.8) is 0 Å². The fraction of sp³-hybridized carbons (Fsp3) is 1.00. The molecular weight excluding hydrogens is 376 g/mol. The lowest BCUT2D eigenvalue weighted by atomic mass is 10.5. The SMILES string of the molecule is CCO[Si](CCCSSCCC[Si](OCC)OC(C)C)OC(C)C. The fourth-order valence-corrected chi connectivity index (χ4v) is 7.82. The van der Waals surface area contributed by atoms with Crippen molar-refractivity contribution >= 4 is 40.2 Å². The van der Waals surface area contributed by atoms with Gasteiger partial charge in [-0.25, -0.2) is 0 Å². The zero-order chi connectivity index (χ0) is 18.2. The molecule has 0 aromatic heterocycles. The van der Waals surface area contributed by atoms with Crippen LogP contribution in [0.3, 0.4) is 0 Å². The van der Waals surface area contributed by atoms with Gasteiger partial charge in [-0.3, -0.25) is 0 Å². The monoisotopic (exact) mass is 412 g/mol. The minimum atomic E-state index is -1.07.